The number of carboxylic acid groups (broad SMARTS) is 1. The van der Waals surface area contributed by atoms with Gasteiger partial charge in [-0.1, -0.05) is 31.9 Å². The third-order valence-corrected chi connectivity index (χ3v) is 6.02. The highest BCUT2D eigenvalue weighted by molar-refractivity contribution is 7.91. The van der Waals surface area contributed by atoms with E-state index in [1.54, 1.807) is 19.1 Å². The van der Waals surface area contributed by atoms with Crippen LogP contribution < -0.4 is 5.32 Å². The molecule has 2 rings (SSSR count). The second-order valence-corrected chi connectivity index (χ2v) is 8.14. The number of amides is 1. The summed E-state index contributed by atoms with van der Waals surface area (Å²) in [4.78, 5) is 23.8. The Bertz CT molecular complexity index is 688. The average molecular weight is 339 g/mol. The van der Waals surface area contributed by atoms with E-state index in [-0.39, 0.29) is 23.0 Å². The van der Waals surface area contributed by atoms with Gasteiger partial charge in [-0.3, -0.25) is 4.79 Å². The van der Waals surface area contributed by atoms with E-state index in [1.807, 2.05) is 0 Å². The first-order valence-corrected chi connectivity index (χ1v) is 9.30. The molecule has 1 saturated carbocycles. The largest absolute Gasteiger partial charge is 0.480 e. The first-order chi connectivity index (χ1) is 10.8. The van der Waals surface area contributed by atoms with Crippen LogP contribution in [0.1, 0.15) is 38.2 Å². The van der Waals surface area contributed by atoms with Crippen LogP contribution in [0.2, 0.25) is 0 Å². The standard InChI is InChI=1S/C16H21NO5S/c1-2-23(21,22)13-7-5-12(6-8-13)11-14(18)17-16(15(19)20)9-3-4-10-16/h5-8H,2-4,9-11H2,1H3,(H,17,18)(H,19,20). The molecular weight excluding hydrogens is 318 g/mol. The summed E-state index contributed by atoms with van der Waals surface area (Å²) < 4.78 is 23.5. The van der Waals surface area contributed by atoms with E-state index in [9.17, 15) is 23.1 Å². The van der Waals surface area contributed by atoms with Gasteiger partial charge in [0.2, 0.25) is 5.91 Å². The first kappa shape index (κ1) is 17.5. The Morgan fingerprint density at radius 2 is 1.74 bits per heavy atom. The van der Waals surface area contributed by atoms with Crippen molar-refractivity contribution < 1.29 is 23.1 Å². The Balaban J connectivity index is 2.05. The number of carbonyl (C=O) groups excluding carboxylic acids is 1. The number of aliphatic carboxylic acids is 1. The van der Waals surface area contributed by atoms with Crippen LogP contribution >= 0.6 is 0 Å². The quantitative estimate of drug-likeness (QED) is 0.819. The predicted octanol–water partition coefficient (Wildman–Crippen LogP) is 1.54. The maximum Gasteiger partial charge on any atom is 0.329 e. The minimum absolute atomic E-state index is 0.0218. The molecule has 1 amide bonds. The lowest BCUT2D eigenvalue weighted by Crippen LogP contribution is -2.52. The second kappa shape index (κ2) is 6.70. The monoisotopic (exact) mass is 339 g/mol. The average Bonchev–Trinajstić information content (AvgIpc) is 2.97. The molecule has 7 heteroatoms. The summed E-state index contributed by atoms with van der Waals surface area (Å²) in [6.45, 7) is 1.57. The van der Waals surface area contributed by atoms with Crippen LogP contribution in [0.5, 0.6) is 0 Å². The molecule has 1 aromatic rings. The van der Waals surface area contributed by atoms with Gasteiger partial charge in [0.15, 0.2) is 9.84 Å². The van der Waals surface area contributed by atoms with Crippen molar-refractivity contribution >= 4 is 21.7 Å². The summed E-state index contributed by atoms with van der Waals surface area (Å²) in [7, 11) is -3.26. The summed E-state index contributed by atoms with van der Waals surface area (Å²) in [6, 6.07) is 6.13. The van der Waals surface area contributed by atoms with Gasteiger partial charge in [-0.25, -0.2) is 13.2 Å². The normalized spacial score (nSPS) is 16.9. The van der Waals surface area contributed by atoms with Crippen molar-refractivity contribution in [1.82, 2.24) is 5.32 Å². The van der Waals surface area contributed by atoms with Crippen molar-refractivity contribution in [3.05, 3.63) is 29.8 Å². The smallest absolute Gasteiger partial charge is 0.329 e. The van der Waals surface area contributed by atoms with Crippen LogP contribution in [-0.4, -0.2) is 36.7 Å². The SMILES string of the molecule is CCS(=O)(=O)c1ccc(CC(=O)NC2(C(=O)O)CCCC2)cc1. The molecule has 2 N–H and O–H groups in total. The zero-order valence-corrected chi connectivity index (χ0v) is 13.9. The summed E-state index contributed by atoms with van der Waals surface area (Å²) >= 11 is 0. The third kappa shape index (κ3) is 3.90. The maximum atomic E-state index is 12.1. The molecule has 0 heterocycles. The molecule has 0 radical (unpaired) electrons. The van der Waals surface area contributed by atoms with E-state index in [4.69, 9.17) is 0 Å². The van der Waals surface area contributed by atoms with Crippen LogP contribution in [-0.2, 0) is 25.8 Å². The molecule has 0 bridgehead atoms. The zero-order valence-electron chi connectivity index (χ0n) is 13.0. The molecule has 0 atom stereocenters. The van der Waals surface area contributed by atoms with Gasteiger partial charge in [0, 0.05) is 0 Å². The second-order valence-electron chi connectivity index (χ2n) is 5.87. The molecule has 1 fully saturated rings. The fourth-order valence-electron chi connectivity index (χ4n) is 2.85. The van der Waals surface area contributed by atoms with Crippen LogP contribution in [0, 0.1) is 0 Å². The lowest BCUT2D eigenvalue weighted by atomic mass is 9.97. The van der Waals surface area contributed by atoms with Crippen molar-refractivity contribution in [2.75, 3.05) is 5.75 Å². The number of carboxylic acids is 1. The van der Waals surface area contributed by atoms with Gasteiger partial charge >= 0.3 is 5.97 Å². The summed E-state index contributed by atoms with van der Waals surface area (Å²) in [5.41, 5.74) is -0.501. The molecule has 0 unspecified atom stereocenters. The van der Waals surface area contributed by atoms with E-state index >= 15 is 0 Å². The molecule has 6 nitrogen and oxygen atoms in total. The molecule has 126 valence electrons. The number of carbonyl (C=O) groups is 2. The number of nitrogens with one attached hydrogen (secondary N) is 1. The lowest BCUT2D eigenvalue weighted by Gasteiger charge is -2.25. The summed E-state index contributed by atoms with van der Waals surface area (Å²) in [5, 5.41) is 12.0. The summed E-state index contributed by atoms with van der Waals surface area (Å²) in [5.74, 6) is -1.33. The molecule has 23 heavy (non-hydrogen) atoms. The molecular formula is C16H21NO5S. The highest BCUT2D eigenvalue weighted by Gasteiger charge is 2.42. The van der Waals surface area contributed by atoms with Crippen LogP contribution in [0.4, 0.5) is 0 Å². The van der Waals surface area contributed by atoms with Crippen molar-refractivity contribution in [3.8, 4) is 0 Å². The minimum Gasteiger partial charge on any atom is -0.480 e. The Kier molecular flexibility index (Phi) is 5.09. The van der Waals surface area contributed by atoms with Gasteiger partial charge < -0.3 is 10.4 Å². The van der Waals surface area contributed by atoms with Gasteiger partial charge in [-0.05, 0) is 30.5 Å². The molecule has 1 aliphatic carbocycles. The summed E-state index contributed by atoms with van der Waals surface area (Å²) in [6.07, 6.45) is 2.50. The van der Waals surface area contributed by atoms with Gasteiger partial charge in [0.05, 0.1) is 17.1 Å². The van der Waals surface area contributed by atoms with Gasteiger partial charge in [-0.15, -0.1) is 0 Å². The van der Waals surface area contributed by atoms with Crippen LogP contribution in [0.15, 0.2) is 29.2 Å². The topological polar surface area (TPSA) is 101 Å². The Morgan fingerprint density at radius 1 is 1.17 bits per heavy atom. The Hall–Kier alpha value is -1.89. The van der Waals surface area contributed by atoms with Crippen molar-refractivity contribution in [3.63, 3.8) is 0 Å². The van der Waals surface area contributed by atoms with Gasteiger partial charge in [0.25, 0.3) is 0 Å². The number of rotatable bonds is 6. The van der Waals surface area contributed by atoms with Crippen molar-refractivity contribution in [2.45, 2.75) is 49.5 Å². The highest BCUT2D eigenvalue weighted by atomic mass is 32.2. The molecule has 1 aliphatic rings. The number of benzene rings is 1. The Morgan fingerprint density at radius 3 is 2.22 bits per heavy atom. The number of sulfone groups is 1. The van der Waals surface area contributed by atoms with E-state index in [1.165, 1.54) is 12.1 Å². The minimum atomic E-state index is -3.26. The van der Waals surface area contributed by atoms with E-state index in [0.717, 1.165) is 12.8 Å². The van der Waals surface area contributed by atoms with E-state index < -0.39 is 21.3 Å². The fourth-order valence-corrected chi connectivity index (χ4v) is 3.73. The van der Waals surface area contributed by atoms with Crippen LogP contribution in [0.25, 0.3) is 0 Å². The van der Waals surface area contributed by atoms with Gasteiger partial charge in [0.1, 0.15) is 5.54 Å². The zero-order chi connectivity index (χ0) is 17.1. The van der Waals surface area contributed by atoms with Crippen LogP contribution in [0.3, 0.4) is 0 Å². The number of hydrogen-bond donors (Lipinski definition) is 2. The number of hydrogen-bond acceptors (Lipinski definition) is 4. The molecule has 0 aromatic heterocycles. The Labute approximate surface area is 135 Å². The molecule has 0 spiro atoms. The van der Waals surface area contributed by atoms with E-state index in [0.29, 0.717) is 18.4 Å². The van der Waals surface area contributed by atoms with Crippen molar-refractivity contribution in [2.24, 2.45) is 0 Å². The highest BCUT2D eigenvalue weighted by Crippen LogP contribution is 2.30. The predicted molar refractivity (Wildman–Crippen MR) is 84.9 cm³/mol. The fraction of sp³-hybridized carbons (Fsp3) is 0.500. The van der Waals surface area contributed by atoms with Crippen molar-refractivity contribution in [1.29, 1.82) is 0 Å². The lowest BCUT2D eigenvalue weighted by molar-refractivity contribution is -0.147. The first-order valence-electron chi connectivity index (χ1n) is 7.65. The van der Waals surface area contributed by atoms with E-state index in [2.05, 4.69) is 5.32 Å². The maximum absolute atomic E-state index is 12.1. The third-order valence-electron chi connectivity index (χ3n) is 4.27. The van der Waals surface area contributed by atoms with Gasteiger partial charge in [-0.2, -0.15) is 0 Å². The molecule has 1 aromatic carbocycles. The molecule has 0 aliphatic heterocycles. The molecule has 0 saturated heterocycles.